The molecule has 1 aromatic heterocycles. The number of aliphatic hydroxyl groups excluding tert-OH is 1. The predicted octanol–water partition coefficient (Wildman–Crippen LogP) is 3.39. The summed E-state index contributed by atoms with van der Waals surface area (Å²) in [4.78, 5) is 3.02. The van der Waals surface area contributed by atoms with Gasteiger partial charge in [-0.05, 0) is 0 Å². The van der Waals surface area contributed by atoms with Gasteiger partial charge in [0.2, 0.25) is 0 Å². The van der Waals surface area contributed by atoms with Crippen molar-refractivity contribution in [2.24, 2.45) is 0 Å². The zero-order chi connectivity index (χ0) is 14.8. The molecule has 1 aromatic rings. The number of alkyl halides is 7. The van der Waals surface area contributed by atoms with Crippen LogP contribution in [0.4, 0.5) is 26.3 Å². The molecular weight excluding hydrogens is 348 g/mol. The lowest BCUT2D eigenvalue weighted by Crippen LogP contribution is -2.22. The van der Waals surface area contributed by atoms with Gasteiger partial charge in [-0.2, -0.15) is 13.2 Å². The average Bonchev–Trinajstić information content (AvgIpc) is 2.25. The molecule has 0 saturated heterocycles. The highest BCUT2D eigenvalue weighted by atomic mass is 79.9. The van der Waals surface area contributed by atoms with Gasteiger partial charge in [-0.3, -0.25) is 4.98 Å². The normalized spacial score (nSPS) is 12.6. The summed E-state index contributed by atoms with van der Waals surface area (Å²) in [6, 6.07) is 0. The Morgan fingerprint density at radius 1 is 1.21 bits per heavy atom. The second kappa shape index (κ2) is 5.53. The maximum Gasteiger partial charge on any atom is 0.573 e. The van der Waals surface area contributed by atoms with Crippen molar-refractivity contribution >= 4 is 15.9 Å². The van der Waals surface area contributed by atoms with E-state index in [9.17, 15) is 26.3 Å². The maximum absolute atomic E-state index is 12.6. The zero-order valence-electron chi connectivity index (χ0n) is 8.94. The van der Waals surface area contributed by atoms with Crippen LogP contribution in [0.5, 0.6) is 5.75 Å². The Bertz CT molecular complexity index is 459. The Morgan fingerprint density at radius 3 is 2.16 bits per heavy atom. The number of aromatic nitrogens is 1. The van der Waals surface area contributed by atoms with Crippen LogP contribution < -0.4 is 4.74 Å². The first kappa shape index (κ1) is 16.0. The van der Waals surface area contributed by atoms with Gasteiger partial charge < -0.3 is 9.84 Å². The van der Waals surface area contributed by atoms with Gasteiger partial charge in [0, 0.05) is 17.1 Å². The topological polar surface area (TPSA) is 42.4 Å². The number of ether oxygens (including phenoxy) is 1. The average molecular weight is 354 g/mol. The van der Waals surface area contributed by atoms with Crippen molar-refractivity contribution in [2.45, 2.75) is 24.5 Å². The van der Waals surface area contributed by atoms with Gasteiger partial charge in [0.25, 0.3) is 0 Å². The molecule has 0 bridgehead atoms. The minimum Gasteiger partial charge on any atom is -0.405 e. The van der Waals surface area contributed by atoms with Crippen molar-refractivity contribution < 1.29 is 36.2 Å². The summed E-state index contributed by atoms with van der Waals surface area (Å²) < 4.78 is 77.8. The molecule has 0 aliphatic rings. The SMILES string of the molecule is OCc1c(C(F)(F)F)ncc(CBr)c1OC(F)(F)F. The lowest BCUT2D eigenvalue weighted by atomic mass is 10.1. The molecular formula is C9H6BrF6NO2. The van der Waals surface area contributed by atoms with Crippen LogP contribution in [-0.2, 0) is 18.1 Å². The molecule has 0 fully saturated rings. The highest BCUT2D eigenvalue weighted by Gasteiger charge is 2.40. The second-order valence-corrected chi connectivity index (χ2v) is 3.84. The van der Waals surface area contributed by atoms with Gasteiger partial charge >= 0.3 is 12.5 Å². The number of hydrogen-bond donors (Lipinski definition) is 1. The summed E-state index contributed by atoms with van der Waals surface area (Å²) in [7, 11) is 0. The third-order valence-corrected chi connectivity index (χ3v) is 2.59. The number of rotatable bonds is 3. The van der Waals surface area contributed by atoms with Crippen molar-refractivity contribution in [2.75, 3.05) is 0 Å². The van der Waals surface area contributed by atoms with Gasteiger partial charge in [0.15, 0.2) is 5.69 Å². The predicted molar refractivity (Wildman–Crippen MR) is 54.5 cm³/mol. The molecule has 108 valence electrons. The van der Waals surface area contributed by atoms with Crippen LogP contribution in [0, 0.1) is 0 Å². The highest BCUT2D eigenvalue weighted by molar-refractivity contribution is 9.08. The largest absolute Gasteiger partial charge is 0.573 e. The minimum atomic E-state index is -5.18. The van der Waals surface area contributed by atoms with E-state index in [4.69, 9.17) is 5.11 Å². The van der Waals surface area contributed by atoms with Crippen LogP contribution in [0.15, 0.2) is 6.20 Å². The molecule has 1 N–H and O–H groups in total. The third kappa shape index (κ3) is 3.96. The third-order valence-electron chi connectivity index (χ3n) is 1.99. The molecule has 1 rings (SSSR count). The summed E-state index contributed by atoms with van der Waals surface area (Å²) in [6.07, 6.45) is -9.56. The molecule has 10 heteroatoms. The number of pyridine rings is 1. The molecule has 0 aliphatic heterocycles. The molecule has 1 heterocycles. The van der Waals surface area contributed by atoms with Crippen molar-refractivity contribution in [1.82, 2.24) is 4.98 Å². The lowest BCUT2D eigenvalue weighted by Gasteiger charge is -2.18. The summed E-state index contributed by atoms with van der Waals surface area (Å²) in [5.41, 5.74) is -2.92. The molecule has 3 nitrogen and oxygen atoms in total. The first-order chi connectivity index (χ1) is 8.60. The Hall–Kier alpha value is -1.03. The van der Waals surface area contributed by atoms with E-state index in [-0.39, 0.29) is 10.9 Å². The van der Waals surface area contributed by atoms with E-state index >= 15 is 0 Å². The van der Waals surface area contributed by atoms with E-state index in [1.807, 2.05) is 0 Å². The smallest absolute Gasteiger partial charge is 0.405 e. The van der Waals surface area contributed by atoms with E-state index in [1.165, 1.54) is 0 Å². The first-order valence-electron chi connectivity index (χ1n) is 4.60. The molecule has 0 atom stereocenters. The Morgan fingerprint density at radius 2 is 1.79 bits per heavy atom. The molecule has 0 unspecified atom stereocenters. The Kier molecular flexibility index (Phi) is 4.67. The van der Waals surface area contributed by atoms with Gasteiger partial charge in [0.05, 0.1) is 12.2 Å². The highest BCUT2D eigenvalue weighted by Crippen LogP contribution is 2.38. The number of halogens is 7. The van der Waals surface area contributed by atoms with Crippen LogP contribution >= 0.6 is 15.9 Å². The summed E-state index contributed by atoms with van der Waals surface area (Å²) in [5, 5.41) is 8.66. The first-order valence-corrected chi connectivity index (χ1v) is 5.72. The molecule has 0 radical (unpaired) electrons. The van der Waals surface area contributed by atoms with E-state index in [0.29, 0.717) is 6.20 Å². The molecule has 0 amide bonds. The maximum atomic E-state index is 12.6. The van der Waals surface area contributed by atoms with E-state index in [2.05, 4.69) is 25.7 Å². The van der Waals surface area contributed by atoms with Crippen LogP contribution in [0.2, 0.25) is 0 Å². The van der Waals surface area contributed by atoms with Crippen molar-refractivity contribution in [1.29, 1.82) is 0 Å². The Labute approximate surface area is 111 Å². The standard InChI is InChI=1S/C9H6BrF6NO2/c10-1-4-2-17-7(8(11,12)13)5(3-18)6(4)19-9(14,15)16/h2,18H,1,3H2. The number of aliphatic hydroxyl groups is 1. The summed E-state index contributed by atoms with van der Waals surface area (Å²) in [5.74, 6) is -1.09. The zero-order valence-corrected chi connectivity index (χ0v) is 10.5. The number of hydrogen-bond acceptors (Lipinski definition) is 3. The molecule has 0 spiro atoms. The van der Waals surface area contributed by atoms with Crippen LogP contribution in [0.25, 0.3) is 0 Å². The monoisotopic (exact) mass is 353 g/mol. The number of nitrogens with zero attached hydrogens (tertiary/aromatic N) is 1. The fourth-order valence-electron chi connectivity index (χ4n) is 1.31. The van der Waals surface area contributed by atoms with Gasteiger partial charge in [0.1, 0.15) is 5.75 Å². The molecule has 0 aliphatic carbocycles. The van der Waals surface area contributed by atoms with E-state index in [0.717, 1.165) is 0 Å². The van der Waals surface area contributed by atoms with Crippen LogP contribution in [-0.4, -0.2) is 16.5 Å². The summed E-state index contributed by atoms with van der Waals surface area (Å²) >= 11 is 2.80. The molecule has 0 aromatic carbocycles. The molecule has 19 heavy (non-hydrogen) atoms. The van der Waals surface area contributed by atoms with Crippen LogP contribution in [0.3, 0.4) is 0 Å². The Balaban J connectivity index is 3.46. The minimum absolute atomic E-state index is 0.212. The van der Waals surface area contributed by atoms with Crippen molar-refractivity contribution in [3.05, 3.63) is 23.0 Å². The van der Waals surface area contributed by atoms with Crippen molar-refractivity contribution in [3.8, 4) is 5.75 Å². The van der Waals surface area contributed by atoms with E-state index < -0.39 is 36.2 Å². The quantitative estimate of drug-likeness (QED) is 0.669. The second-order valence-electron chi connectivity index (χ2n) is 3.28. The van der Waals surface area contributed by atoms with Crippen molar-refractivity contribution in [3.63, 3.8) is 0 Å². The van der Waals surface area contributed by atoms with Gasteiger partial charge in [-0.15, -0.1) is 13.2 Å². The van der Waals surface area contributed by atoms with Crippen LogP contribution in [0.1, 0.15) is 16.8 Å². The lowest BCUT2D eigenvalue weighted by molar-refractivity contribution is -0.275. The van der Waals surface area contributed by atoms with E-state index in [1.54, 1.807) is 0 Å². The van der Waals surface area contributed by atoms with Gasteiger partial charge in [-0.25, -0.2) is 0 Å². The fraction of sp³-hybridized carbons (Fsp3) is 0.444. The fourth-order valence-corrected chi connectivity index (χ4v) is 1.71. The van der Waals surface area contributed by atoms with Gasteiger partial charge in [-0.1, -0.05) is 15.9 Å². The summed E-state index contributed by atoms with van der Waals surface area (Å²) in [6.45, 7) is -1.28. The molecule has 0 saturated carbocycles.